The Labute approximate surface area is 129 Å². The van der Waals surface area contributed by atoms with E-state index < -0.39 is 9.28 Å². The van der Waals surface area contributed by atoms with Gasteiger partial charge >= 0.3 is 9.28 Å². The molecule has 2 nitrogen and oxygen atoms in total. The van der Waals surface area contributed by atoms with E-state index in [0.29, 0.717) is 11.5 Å². The van der Waals surface area contributed by atoms with Crippen LogP contribution in [-0.4, -0.2) is 23.5 Å². The SMILES string of the molecule is CO[SiH](OC)C(C)CC(c1ccccc1)c1ccccc1. The fourth-order valence-electron chi connectivity index (χ4n) is 2.88. The summed E-state index contributed by atoms with van der Waals surface area (Å²) in [6.07, 6.45) is 1.05. The van der Waals surface area contributed by atoms with Crippen LogP contribution in [0.5, 0.6) is 0 Å². The molecule has 0 aliphatic heterocycles. The lowest BCUT2D eigenvalue weighted by molar-refractivity contribution is 0.264. The third-order valence-electron chi connectivity index (χ3n) is 3.94. The first-order chi connectivity index (χ1) is 10.3. The summed E-state index contributed by atoms with van der Waals surface area (Å²) in [4.78, 5) is 0. The second kappa shape index (κ2) is 8.13. The fourth-order valence-corrected chi connectivity index (χ4v) is 4.50. The van der Waals surface area contributed by atoms with Crippen molar-refractivity contribution in [2.45, 2.75) is 24.8 Å². The van der Waals surface area contributed by atoms with Crippen LogP contribution in [0.3, 0.4) is 0 Å². The summed E-state index contributed by atoms with van der Waals surface area (Å²) in [6, 6.07) is 21.4. The Kier molecular flexibility index (Phi) is 6.17. The van der Waals surface area contributed by atoms with Crippen LogP contribution in [0.2, 0.25) is 5.54 Å². The Hall–Kier alpha value is -1.42. The highest BCUT2D eigenvalue weighted by molar-refractivity contribution is 6.46. The monoisotopic (exact) mass is 300 g/mol. The zero-order chi connectivity index (χ0) is 15.1. The van der Waals surface area contributed by atoms with Gasteiger partial charge < -0.3 is 8.85 Å². The standard InChI is InChI=1S/C18H24O2Si/c1-15(21(19-2)20-3)14-18(16-10-6-4-7-11-16)17-12-8-5-9-13-17/h4-13,15,18,21H,14H2,1-3H3. The second-order valence-corrected chi connectivity index (χ2v) is 8.24. The van der Waals surface area contributed by atoms with Gasteiger partial charge in [-0.05, 0) is 23.1 Å². The Bertz CT molecular complexity index is 472. The molecule has 0 radical (unpaired) electrons. The van der Waals surface area contributed by atoms with E-state index in [9.17, 15) is 0 Å². The summed E-state index contributed by atoms with van der Waals surface area (Å²) in [7, 11) is 1.93. The van der Waals surface area contributed by atoms with Gasteiger partial charge in [0.2, 0.25) is 0 Å². The van der Waals surface area contributed by atoms with Gasteiger partial charge in [-0.2, -0.15) is 0 Å². The largest absolute Gasteiger partial charge is 0.400 e. The van der Waals surface area contributed by atoms with Crippen molar-refractivity contribution in [3.8, 4) is 0 Å². The van der Waals surface area contributed by atoms with E-state index >= 15 is 0 Å². The van der Waals surface area contributed by atoms with Crippen molar-refractivity contribution in [3.63, 3.8) is 0 Å². The minimum absolute atomic E-state index is 0.391. The van der Waals surface area contributed by atoms with Gasteiger partial charge in [-0.15, -0.1) is 0 Å². The molecule has 0 aromatic heterocycles. The maximum absolute atomic E-state index is 5.55. The van der Waals surface area contributed by atoms with Crippen LogP contribution in [0.1, 0.15) is 30.4 Å². The Morgan fingerprint density at radius 3 is 1.62 bits per heavy atom. The topological polar surface area (TPSA) is 18.5 Å². The summed E-state index contributed by atoms with van der Waals surface area (Å²) in [5.41, 5.74) is 3.16. The molecule has 2 aromatic rings. The van der Waals surface area contributed by atoms with Crippen LogP contribution >= 0.6 is 0 Å². The van der Waals surface area contributed by atoms with Gasteiger partial charge in [0.25, 0.3) is 0 Å². The highest BCUT2D eigenvalue weighted by atomic mass is 28.3. The van der Waals surface area contributed by atoms with Crippen LogP contribution in [0.15, 0.2) is 60.7 Å². The average Bonchev–Trinajstić information content (AvgIpc) is 2.55. The fraction of sp³-hybridized carbons (Fsp3) is 0.333. The van der Waals surface area contributed by atoms with Crippen molar-refractivity contribution in [1.82, 2.24) is 0 Å². The lowest BCUT2D eigenvalue weighted by Crippen LogP contribution is -2.26. The van der Waals surface area contributed by atoms with Crippen molar-refractivity contribution < 1.29 is 8.85 Å². The van der Waals surface area contributed by atoms with Gasteiger partial charge in [-0.3, -0.25) is 0 Å². The molecule has 0 saturated heterocycles. The zero-order valence-electron chi connectivity index (χ0n) is 13.0. The van der Waals surface area contributed by atoms with Gasteiger partial charge in [0, 0.05) is 20.1 Å². The van der Waals surface area contributed by atoms with Crippen molar-refractivity contribution >= 4 is 9.28 Å². The highest BCUT2D eigenvalue weighted by Gasteiger charge is 2.25. The highest BCUT2D eigenvalue weighted by Crippen LogP contribution is 2.34. The third kappa shape index (κ3) is 4.27. The molecule has 2 aromatic carbocycles. The number of hydrogen-bond acceptors (Lipinski definition) is 2. The summed E-state index contributed by atoms with van der Waals surface area (Å²) in [6.45, 7) is 2.24. The van der Waals surface area contributed by atoms with E-state index in [2.05, 4.69) is 67.6 Å². The van der Waals surface area contributed by atoms with Gasteiger partial charge in [-0.1, -0.05) is 67.6 Å². The lowest BCUT2D eigenvalue weighted by Gasteiger charge is -2.25. The predicted octanol–water partition coefficient (Wildman–Crippen LogP) is 4.11. The van der Waals surface area contributed by atoms with E-state index in [4.69, 9.17) is 8.85 Å². The smallest absolute Gasteiger partial charge is 0.323 e. The molecule has 0 heterocycles. The molecule has 3 heteroatoms. The minimum atomic E-state index is -1.59. The van der Waals surface area contributed by atoms with Crippen LogP contribution in [0.4, 0.5) is 0 Å². The minimum Gasteiger partial charge on any atom is -0.400 e. The summed E-state index contributed by atoms with van der Waals surface area (Å²) in [5, 5.41) is 0. The van der Waals surface area contributed by atoms with Crippen molar-refractivity contribution in [2.75, 3.05) is 14.2 Å². The third-order valence-corrected chi connectivity index (χ3v) is 6.07. The average molecular weight is 300 g/mol. The number of rotatable bonds is 7. The summed E-state index contributed by atoms with van der Waals surface area (Å²) in [5.74, 6) is 0.391. The molecule has 2 rings (SSSR count). The molecular formula is C18H24O2Si. The molecular weight excluding hydrogens is 276 g/mol. The van der Waals surface area contributed by atoms with E-state index in [1.54, 1.807) is 14.2 Å². The molecule has 1 atom stereocenters. The predicted molar refractivity (Wildman–Crippen MR) is 89.9 cm³/mol. The molecule has 0 spiro atoms. The molecule has 0 bridgehead atoms. The first-order valence-corrected chi connectivity index (χ1v) is 9.02. The van der Waals surface area contributed by atoms with Crippen molar-refractivity contribution in [2.24, 2.45) is 0 Å². The van der Waals surface area contributed by atoms with Crippen molar-refractivity contribution in [1.29, 1.82) is 0 Å². The van der Waals surface area contributed by atoms with Crippen LogP contribution < -0.4 is 0 Å². The molecule has 0 saturated carbocycles. The summed E-state index contributed by atoms with van der Waals surface area (Å²) >= 11 is 0. The molecule has 0 aliphatic carbocycles. The van der Waals surface area contributed by atoms with Crippen LogP contribution in [0.25, 0.3) is 0 Å². The van der Waals surface area contributed by atoms with Gasteiger partial charge in [0.05, 0.1) is 0 Å². The van der Waals surface area contributed by atoms with Crippen LogP contribution in [0, 0.1) is 0 Å². The van der Waals surface area contributed by atoms with E-state index in [1.807, 2.05) is 0 Å². The Morgan fingerprint density at radius 1 is 0.810 bits per heavy atom. The van der Waals surface area contributed by atoms with E-state index in [-0.39, 0.29) is 0 Å². The molecule has 0 amide bonds. The normalized spacial score (nSPS) is 12.8. The molecule has 112 valence electrons. The lowest BCUT2D eigenvalue weighted by atomic mass is 9.87. The molecule has 0 fully saturated rings. The maximum atomic E-state index is 5.55. The number of hydrogen-bond donors (Lipinski definition) is 0. The molecule has 21 heavy (non-hydrogen) atoms. The molecule has 0 N–H and O–H groups in total. The first-order valence-electron chi connectivity index (χ1n) is 7.41. The van der Waals surface area contributed by atoms with Gasteiger partial charge in [0.1, 0.15) is 0 Å². The zero-order valence-corrected chi connectivity index (χ0v) is 14.2. The first kappa shape index (κ1) is 16.0. The summed E-state index contributed by atoms with van der Waals surface area (Å²) < 4.78 is 11.1. The maximum Gasteiger partial charge on any atom is 0.323 e. The molecule has 0 aliphatic rings. The molecule has 1 unspecified atom stereocenters. The van der Waals surface area contributed by atoms with E-state index in [0.717, 1.165) is 6.42 Å². The Balaban J connectivity index is 2.25. The van der Waals surface area contributed by atoms with Crippen molar-refractivity contribution in [3.05, 3.63) is 71.8 Å². The van der Waals surface area contributed by atoms with Gasteiger partial charge in [-0.25, -0.2) is 0 Å². The van der Waals surface area contributed by atoms with E-state index in [1.165, 1.54) is 11.1 Å². The second-order valence-electron chi connectivity index (χ2n) is 5.43. The quantitative estimate of drug-likeness (QED) is 0.716. The van der Waals surface area contributed by atoms with Crippen LogP contribution in [-0.2, 0) is 8.85 Å². The number of benzene rings is 2. The Morgan fingerprint density at radius 2 is 1.24 bits per heavy atom. The van der Waals surface area contributed by atoms with Gasteiger partial charge in [0.15, 0.2) is 0 Å².